The standard InChI is InChI=1S/C10H14Cl2N2/c11-9-4-1-3-8(10(9)12)7-14-6-2-5-13/h1,3-4,14H,2,5-7,13H2. The van der Waals surface area contributed by atoms with Crippen LogP contribution in [0.1, 0.15) is 12.0 Å². The maximum absolute atomic E-state index is 6.01. The van der Waals surface area contributed by atoms with E-state index in [0.29, 0.717) is 16.6 Å². The van der Waals surface area contributed by atoms with Crippen LogP contribution >= 0.6 is 23.2 Å². The highest BCUT2D eigenvalue weighted by Crippen LogP contribution is 2.25. The molecule has 0 saturated carbocycles. The molecular weight excluding hydrogens is 219 g/mol. The van der Waals surface area contributed by atoms with E-state index in [4.69, 9.17) is 28.9 Å². The van der Waals surface area contributed by atoms with Gasteiger partial charge in [0.25, 0.3) is 0 Å². The summed E-state index contributed by atoms with van der Waals surface area (Å²) in [5.41, 5.74) is 6.40. The number of nitrogens with two attached hydrogens (primary N) is 1. The predicted molar refractivity (Wildman–Crippen MR) is 61.8 cm³/mol. The van der Waals surface area contributed by atoms with Gasteiger partial charge in [-0.05, 0) is 31.1 Å². The first-order chi connectivity index (χ1) is 6.75. The van der Waals surface area contributed by atoms with Crippen LogP contribution in [0.2, 0.25) is 10.0 Å². The van der Waals surface area contributed by atoms with Gasteiger partial charge in [0.05, 0.1) is 10.0 Å². The van der Waals surface area contributed by atoms with Crippen molar-refractivity contribution >= 4 is 23.2 Å². The first kappa shape index (κ1) is 11.8. The summed E-state index contributed by atoms with van der Waals surface area (Å²) in [6.45, 7) is 2.34. The number of benzene rings is 1. The van der Waals surface area contributed by atoms with Crippen LogP contribution in [-0.4, -0.2) is 13.1 Å². The van der Waals surface area contributed by atoms with Gasteiger partial charge in [-0.3, -0.25) is 0 Å². The summed E-state index contributed by atoms with van der Waals surface area (Å²) in [4.78, 5) is 0. The maximum Gasteiger partial charge on any atom is 0.0637 e. The zero-order valence-corrected chi connectivity index (χ0v) is 9.41. The number of nitrogens with one attached hydrogen (secondary N) is 1. The van der Waals surface area contributed by atoms with Crippen molar-refractivity contribution in [3.8, 4) is 0 Å². The molecule has 2 nitrogen and oxygen atoms in total. The molecule has 0 aliphatic heterocycles. The van der Waals surface area contributed by atoms with E-state index in [9.17, 15) is 0 Å². The molecule has 0 spiro atoms. The van der Waals surface area contributed by atoms with Crippen LogP contribution in [0.15, 0.2) is 18.2 Å². The van der Waals surface area contributed by atoms with Crippen molar-refractivity contribution in [2.24, 2.45) is 5.73 Å². The Hall–Kier alpha value is -0.280. The monoisotopic (exact) mass is 232 g/mol. The largest absolute Gasteiger partial charge is 0.330 e. The molecular formula is C10H14Cl2N2. The highest BCUT2D eigenvalue weighted by molar-refractivity contribution is 6.42. The number of halogens is 2. The van der Waals surface area contributed by atoms with E-state index in [1.807, 2.05) is 12.1 Å². The average Bonchev–Trinajstić information content (AvgIpc) is 2.19. The molecule has 78 valence electrons. The van der Waals surface area contributed by atoms with Crippen LogP contribution < -0.4 is 11.1 Å². The molecule has 0 amide bonds. The van der Waals surface area contributed by atoms with Crippen LogP contribution in [0.4, 0.5) is 0 Å². The predicted octanol–water partition coefficient (Wildman–Crippen LogP) is 2.43. The van der Waals surface area contributed by atoms with Crippen LogP contribution in [-0.2, 0) is 6.54 Å². The van der Waals surface area contributed by atoms with Crippen LogP contribution in [0, 0.1) is 0 Å². The van der Waals surface area contributed by atoms with E-state index in [1.165, 1.54) is 0 Å². The minimum Gasteiger partial charge on any atom is -0.330 e. The van der Waals surface area contributed by atoms with Gasteiger partial charge in [-0.2, -0.15) is 0 Å². The van der Waals surface area contributed by atoms with E-state index in [0.717, 1.165) is 25.1 Å². The lowest BCUT2D eigenvalue weighted by atomic mass is 10.2. The Morgan fingerprint density at radius 2 is 2.07 bits per heavy atom. The minimum absolute atomic E-state index is 0.602. The third-order valence-corrected chi connectivity index (χ3v) is 2.76. The summed E-state index contributed by atoms with van der Waals surface area (Å²) in [6, 6.07) is 5.64. The van der Waals surface area contributed by atoms with E-state index in [1.54, 1.807) is 6.07 Å². The molecule has 0 aliphatic rings. The summed E-state index contributed by atoms with van der Waals surface area (Å²) in [5.74, 6) is 0. The summed E-state index contributed by atoms with van der Waals surface area (Å²) in [7, 11) is 0. The molecule has 4 heteroatoms. The molecule has 0 radical (unpaired) electrons. The summed E-state index contributed by atoms with van der Waals surface area (Å²) in [6.07, 6.45) is 0.970. The Balaban J connectivity index is 2.46. The van der Waals surface area contributed by atoms with Gasteiger partial charge in [0, 0.05) is 6.54 Å². The normalized spacial score (nSPS) is 10.5. The lowest BCUT2D eigenvalue weighted by Gasteiger charge is -2.06. The van der Waals surface area contributed by atoms with E-state index < -0.39 is 0 Å². The highest BCUT2D eigenvalue weighted by Gasteiger charge is 2.02. The fourth-order valence-electron chi connectivity index (χ4n) is 1.14. The lowest BCUT2D eigenvalue weighted by molar-refractivity contribution is 0.655. The molecule has 3 N–H and O–H groups in total. The van der Waals surface area contributed by atoms with Crippen molar-refractivity contribution in [1.29, 1.82) is 0 Å². The molecule has 0 aromatic heterocycles. The van der Waals surface area contributed by atoms with Crippen LogP contribution in [0.3, 0.4) is 0 Å². The van der Waals surface area contributed by atoms with Gasteiger partial charge in [0.1, 0.15) is 0 Å². The lowest BCUT2D eigenvalue weighted by Crippen LogP contribution is -2.17. The Kier molecular flexibility index (Phi) is 5.26. The molecule has 0 atom stereocenters. The van der Waals surface area contributed by atoms with Gasteiger partial charge in [-0.1, -0.05) is 35.3 Å². The van der Waals surface area contributed by atoms with Gasteiger partial charge in [-0.15, -0.1) is 0 Å². The summed E-state index contributed by atoms with van der Waals surface area (Å²) in [5, 5.41) is 4.48. The fourth-order valence-corrected chi connectivity index (χ4v) is 1.52. The average molecular weight is 233 g/mol. The highest BCUT2D eigenvalue weighted by atomic mass is 35.5. The SMILES string of the molecule is NCCCNCc1cccc(Cl)c1Cl. The molecule has 0 bridgehead atoms. The zero-order chi connectivity index (χ0) is 10.4. The van der Waals surface area contributed by atoms with Gasteiger partial charge in [-0.25, -0.2) is 0 Å². The number of hydrogen-bond acceptors (Lipinski definition) is 2. The van der Waals surface area contributed by atoms with E-state index >= 15 is 0 Å². The molecule has 0 heterocycles. The minimum atomic E-state index is 0.602. The van der Waals surface area contributed by atoms with Crippen molar-refractivity contribution in [3.05, 3.63) is 33.8 Å². The van der Waals surface area contributed by atoms with Crippen LogP contribution in [0.25, 0.3) is 0 Å². The number of hydrogen-bond donors (Lipinski definition) is 2. The second-order valence-corrected chi connectivity index (χ2v) is 3.82. The number of rotatable bonds is 5. The smallest absolute Gasteiger partial charge is 0.0637 e. The first-order valence-electron chi connectivity index (χ1n) is 4.59. The topological polar surface area (TPSA) is 38.0 Å². The summed E-state index contributed by atoms with van der Waals surface area (Å²) < 4.78 is 0. The van der Waals surface area contributed by atoms with Gasteiger partial charge < -0.3 is 11.1 Å². The fraction of sp³-hybridized carbons (Fsp3) is 0.400. The molecule has 0 saturated heterocycles. The molecule has 0 aliphatic carbocycles. The van der Waals surface area contributed by atoms with E-state index in [-0.39, 0.29) is 0 Å². The van der Waals surface area contributed by atoms with Crippen molar-refractivity contribution < 1.29 is 0 Å². The second kappa shape index (κ2) is 6.25. The van der Waals surface area contributed by atoms with Crippen molar-refractivity contribution in [2.75, 3.05) is 13.1 Å². The third-order valence-electron chi connectivity index (χ3n) is 1.90. The maximum atomic E-state index is 6.01. The molecule has 0 unspecified atom stereocenters. The Bertz CT molecular complexity index is 289. The molecule has 14 heavy (non-hydrogen) atoms. The van der Waals surface area contributed by atoms with E-state index in [2.05, 4.69) is 5.32 Å². The summed E-state index contributed by atoms with van der Waals surface area (Å²) >= 11 is 11.9. The van der Waals surface area contributed by atoms with Crippen LogP contribution in [0.5, 0.6) is 0 Å². The van der Waals surface area contributed by atoms with Gasteiger partial charge in [0.2, 0.25) is 0 Å². The Labute approximate surface area is 94.4 Å². The molecule has 1 aromatic carbocycles. The molecule has 1 rings (SSSR count). The quantitative estimate of drug-likeness (QED) is 0.766. The van der Waals surface area contributed by atoms with Crippen molar-refractivity contribution in [2.45, 2.75) is 13.0 Å². The van der Waals surface area contributed by atoms with Gasteiger partial charge in [0.15, 0.2) is 0 Å². The Morgan fingerprint density at radius 1 is 1.29 bits per heavy atom. The zero-order valence-electron chi connectivity index (χ0n) is 7.89. The van der Waals surface area contributed by atoms with Crippen molar-refractivity contribution in [1.82, 2.24) is 5.32 Å². The second-order valence-electron chi connectivity index (χ2n) is 3.03. The molecule has 0 fully saturated rings. The third kappa shape index (κ3) is 3.46. The van der Waals surface area contributed by atoms with Crippen molar-refractivity contribution in [3.63, 3.8) is 0 Å². The van der Waals surface area contributed by atoms with Gasteiger partial charge >= 0.3 is 0 Å². The molecule has 1 aromatic rings. The first-order valence-corrected chi connectivity index (χ1v) is 5.35. The Morgan fingerprint density at radius 3 is 2.79 bits per heavy atom.